The lowest BCUT2D eigenvalue weighted by atomic mass is 10.3. The molecule has 2 aromatic heterocycles. The minimum Gasteiger partial charge on any atom is -0.445 e. The van der Waals surface area contributed by atoms with Crippen molar-refractivity contribution < 1.29 is 13.9 Å². The van der Waals surface area contributed by atoms with Crippen molar-refractivity contribution in [3.8, 4) is 11.5 Å². The molecule has 0 unspecified atom stereocenters. The number of nitrogens with zero attached hydrogens (tertiary/aromatic N) is 3. The second-order valence-electron chi connectivity index (χ2n) is 3.47. The van der Waals surface area contributed by atoms with Gasteiger partial charge in [0.05, 0.1) is 5.56 Å². The molecule has 0 spiro atoms. The molecule has 2 aromatic rings. The van der Waals surface area contributed by atoms with Crippen molar-refractivity contribution in [3.05, 3.63) is 24.5 Å². The highest BCUT2D eigenvalue weighted by Crippen LogP contribution is 2.26. The van der Waals surface area contributed by atoms with E-state index in [1.807, 2.05) is 0 Å². The van der Waals surface area contributed by atoms with Crippen molar-refractivity contribution >= 4 is 46.9 Å². The first-order chi connectivity index (χ1) is 9.44. The normalized spacial score (nSPS) is 11.2. The number of pyridine rings is 1. The largest absolute Gasteiger partial charge is 0.445 e. The molecule has 0 aromatic carbocycles. The van der Waals surface area contributed by atoms with Gasteiger partial charge in [0.1, 0.15) is 6.61 Å². The maximum Gasteiger partial charge on any atom is 0.415 e. The van der Waals surface area contributed by atoms with Gasteiger partial charge in [0.2, 0.25) is 3.79 Å². The number of anilines is 1. The van der Waals surface area contributed by atoms with Crippen LogP contribution in [0, 0.1) is 0 Å². The van der Waals surface area contributed by atoms with Gasteiger partial charge < -0.3 is 9.15 Å². The van der Waals surface area contributed by atoms with Crippen LogP contribution < -0.4 is 5.32 Å². The Bertz CT molecular complexity index is 585. The van der Waals surface area contributed by atoms with E-state index in [2.05, 4.69) is 25.2 Å². The lowest BCUT2D eigenvalue weighted by molar-refractivity contribution is 0.163. The van der Waals surface area contributed by atoms with E-state index in [9.17, 15) is 4.79 Å². The summed E-state index contributed by atoms with van der Waals surface area (Å²) in [6.45, 7) is -0.410. The zero-order chi connectivity index (χ0) is 14.6. The topological polar surface area (TPSA) is 90.1 Å². The van der Waals surface area contributed by atoms with Crippen molar-refractivity contribution in [2.45, 2.75) is 3.79 Å². The smallest absolute Gasteiger partial charge is 0.415 e. The third-order valence-electron chi connectivity index (χ3n) is 1.91. The summed E-state index contributed by atoms with van der Waals surface area (Å²) < 4.78 is 8.15. The Hall–Kier alpha value is -1.57. The highest BCUT2D eigenvalue weighted by molar-refractivity contribution is 6.67. The Morgan fingerprint density at radius 3 is 2.85 bits per heavy atom. The number of carbonyl (C=O) groups is 1. The molecule has 0 saturated carbocycles. The molecule has 0 fully saturated rings. The fraction of sp³-hybridized carbons (Fsp3) is 0.200. The summed E-state index contributed by atoms with van der Waals surface area (Å²) in [5, 5.41) is 9.57. The Balaban J connectivity index is 1.95. The van der Waals surface area contributed by atoms with E-state index in [-0.39, 0.29) is 11.9 Å². The van der Waals surface area contributed by atoms with Crippen LogP contribution in [0.2, 0.25) is 0 Å². The Morgan fingerprint density at radius 2 is 2.20 bits per heavy atom. The summed E-state index contributed by atoms with van der Waals surface area (Å²) in [6.07, 6.45) is 2.27. The highest BCUT2D eigenvalue weighted by atomic mass is 35.6. The molecule has 10 heteroatoms. The molecule has 0 atom stereocenters. The maximum absolute atomic E-state index is 11.4. The molecular weight excluding hydrogens is 330 g/mol. The van der Waals surface area contributed by atoms with Gasteiger partial charge in [0.15, 0.2) is 0 Å². The van der Waals surface area contributed by atoms with Crippen LogP contribution in [0.25, 0.3) is 11.5 Å². The number of halogens is 3. The van der Waals surface area contributed by atoms with E-state index in [4.69, 9.17) is 39.2 Å². The first kappa shape index (κ1) is 14.8. The van der Waals surface area contributed by atoms with Crippen molar-refractivity contribution in [2.24, 2.45) is 0 Å². The van der Waals surface area contributed by atoms with E-state index in [1.165, 1.54) is 0 Å². The summed E-state index contributed by atoms with van der Waals surface area (Å²) >= 11 is 16.3. The lowest BCUT2D eigenvalue weighted by Gasteiger charge is -2.10. The third-order valence-corrected chi connectivity index (χ3v) is 2.24. The number of aromatic nitrogens is 3. The van der Waals surface area contributed by atoms with E-state index in [0.29, 0.717) is 5.56 Å². The molecule has 1 N–H and O–H groups in total. The first-order valence-corrected chi connectivity index (χ1v) is 6.32. The molecule has 0 aliphatic carbocycles. The molecule has 0 radical (unpaired) electrons. The van der Waals surface area contributed by atoms with Crippen molar-refractivity contribution in [2.75, 3.05) is 11.9 Å². The molecule has 0 aliphatic rings. The number of nitrogens with one attached hydrogen (secondary N) is 1. The zero-order valence-corrected chi connectivity index (χ0v) is 12.0. The van der Waals surface area contributed by atoms with Crippen LogP contribution in [0.4, 0.5) is 10.8 Å². The van der Waals surface area contributed by atoms with E-state index >= 15 is 0 Å². The van der Waals surface area contributed by atoms with Gasteiger partial charge in [-0.2, -0.15) is 0 Å². The standard InChI is InChI=1S/C10H7Cl3N4O3/c11-10(12,13)5-19-9(18)15-8-17-16-7(20-8)6-2-1-3-14-4-6/h1-4H,5H2,(H,15,17,18). The third kappa shape index (κ3) is 4.52. The van der Waals surface area contributed by atoms with E-state index in [1.54, 1.807) is 24.5 Å². The minimum absolute atomic E-state index is 0.141. The van der Waals surface area contributed by atoms with Gasteiger partial charge in [0.25, 0.3) is 5.89 Å². The molecule has 20 heavy (non-hydrogen) atoms. The molecule has 106 valence electrons. The molecule has 0 saturated heterocycles. The second kappa shape index (κ2) is 6.25. The molecule has 0 aliphatic heterocycles. The van der Waals surface area contributed by atoms with E-state index < -0.39 is 16.5 Å². The van der Waals surface area contributed by atoms with Crippen molar-refractivity contribution in [1.82, 2.24) is 15.2 Å². The zero-order valence-electron chi connectivity index (χ0n) is 9.72. The summed E-state index contributed by atoms with van der Waals surface area (Å²) in [4.78, 5) is 15.3. The molecular formula is C10H7Cl3N4O3. The number of carbonyl (C=O) groups excluding carboxylic acids is 1. The Morgan fingerprint density at radius 1 is 1.40 bits per heavy atom. The van der Waals surface area contributed by atoms with Gasteiger partial charge >= 0.3 is 12.1 Å². The number of alkyl halides is 3. The van der Waals surface area contributed by atoms with Gasteiger partial charge in [-0.1, -0.05) is 39.9 Å². The number of hydrogen-bond acceptors (Lipinski definition) is 6. The number of rotatable bonds is 3. The summed E-state index contributed by atoms with van der Waals surface area (Å²) in [6, 6.07) is 3.30. The Labute approximate surface area is 128 Å². The van der Waals surface area contributed by atoms with Gasteiger partial charge in [-0.05, 0) is 12.1 Å². The highest BCUT2D eigenvalue weighted by Gasteiger charge is 2.22. The van der Waals surface area contributed by atoms with Crippen molar-refractivity contribution in [3.63, 3.8) is 0 Å². The SMILES string of the molecule is O=C(Nc1nnc(-c2cccnc2)o1)OCC(Cl)(Cl)Cl. The molecule has 0 bridgehead atoms. The number of amides is 1. The number of hydrogen-bond donors (Lipinski definition) is 1. The summed E-state index contributed by atoms with van der Waals surface area (Å²) in [5.74, 6) is 0.203. The van der Waals surface area contributed by atoms with Gasteiger partial charge in [0, 0.05) is 12.4 Å². The van der Waals surface area contributed by atoms with Crippen LogP contribution in [0.5, 0.6) is 0 Å². The summed E-state index contributed by atoms with van der Waals surface area (Å²) in [5.41, 5.74) is 0.614. The molecule has 2 rings (SSSR count). The molecule has 2 heterocycles. The van der Waals surface area contributed by atoms with Crippen LogP contribution in [-0.4, -0.2) is 31.7 Å². The maximum atomic E-state index is 11.4. The van der Waals surface area contributed by atoms with Crippen LogP contribution >= 0.6 is 34.8 Å². The van der Waals surface area contributed by atoms with Crippen LogP contribution in [0.1, 0.15) is 0 Å². The first-order valence-electron chi connectivity index (χ1n) is 5.18. The lowest BCUT2D eigenvalue weighted by Crippen LogP contribution is -2.21. The van der Waals surface area contributed by atoms with Crippen molar-refractivity contribution in [1.29, 1.82) is 0 Å². The minimum atomic E-state index is -1.69. The predicted molar refractivity (Wildman–Crippen MR) is 72.8 cm³/mol. The average Bonchev–Trinajstić information content (AvgIpc) is 2.85. The van der Waals surface area contributed by atoms with Gasteiger partial charge in [-0.15, -0.1) is 5.10 Å². The fourth-order valence-corrected chi connectivity index (χ4v) is 1.31. The van der Waals surface area contributed by atoms with Gasteiger partial charge in [-0.25, -0.2) is 10.1 Å². The van der Waals surface area contributed by atoms with E-state index in [0.717, 1.165) is 0 Å². The number of ether oxygens (including phenoxy) is 1. The quantitative estimate of drug-likeness (QED) is 0.866. The van der Waals surface area contributed by atoms with Crippen LogP contribution in [0.3, 0.4) is 0 Å². The van der Waals surface area contributed by atoms with Crippen LogP contribution in [0.15, 0.2) is 28.9 Å². The van der Waals surface area contributed by atoms with Crippen LogP contribution in [-0.2, 0) is 4.74 Å². The molecule has 7 nitrogen and oxygen atoms in total. The predicted octanol–water partition coefficient (Wildman–Crippen LogP) is 3.05. The molecule has 1 amide bonds. The Kier molecular flexibility index (Phi) is 4.64. The monoisotopic (exact) mass is 336 g/mol. The average molecular weight is 338 g/mol. The second-order valence-corrected chi connectivity index (χ2v) is 5.99. The fourth-order valence-electron chi connectivity index (χ4n) is 1.15. The summed E-state index contributed by atoms with van der Waals surface area (Å²) in [7, 11) is 0. The van der Waals surface area contributed by atoms with Gasteiger partial charge in [-0.3, -0.25) is 4.98 Å².